The molecule has 0 bridgehead atoms. The first-order valence-corrected chi connectivity index (χ1v) is 5.90. The predicted molar refractivity (Wildman–Crippen MR) is 72.2 cm³/mol. The van der Waals surface area contributed by atoms with Gasteiger partial charge in [0.15, 0.2) is 0 Å². The van der Waals surface area contributed by atoms with E-state index in [9.17, 15) is 9.59 Å². The first-order valence-electron chi connectivity index (χ1n) is 5.15. The third kappa shape index (κ3) is 4.89. The lowest BCUT2D eigenvalue weighted by Crippen LogP contribution is -2.20. The average Bonchev–Trinajstić information content (AvgIpc) is 2.35. The fourth-order valence-electron chi connectivity index (χ4n) is 1.24. The number of aliphatic imine (C=N–C) groups is 1. The minimum atomic E-state index is -0.721. The average molecular weight is 304 g/mol. The van der Waals surface area contributed by atoms with E-state index >= 15 is 0 Å². The molecule has 0 amide bonds. The summed E-state index contributed by atoms with van der Waals surface area (Å²) in [7, 11) is 2.41. The van der Waals surface area contributed by atoms with Crippen molar-refractivity contribution in [1.82, 2.24) is 0 Å². The van der Waals surface area contributed by atoms with E-state index in [0.29, 0.717) is 15.7 Å². The Bertz CT molecular complexity index is 508. The molecule has 0 fully saturated rings. The maximum Gasteiger partial charge on any atom is 0.353 e. The number of ether oxygens (including phenoxy) is 2. The zero-order valence-corrected chi connectivity index (χ0v) is 11.8. The molecule has 0 aliphatic heterocycles. The highest BCUT2D eigenvalue weighted by Crippen LogP contribution is 2.25. The molecule has 0 heterocycles. The van der Waals surface area contributed by atoms with Crippen LogP contribution in [0.25, 0.3) is 0 Å². The fourth-order valence-corrected chi connectivity index (χ4v) is 1.76. The van der Waals surface area contributed by atoms with Crippen LogP contribution in [0.3, 0.4) is 0 Å². The lowest BCUT2D eigenvalue weighted by Gasteiger charge is -2.04. The summed E-state index contributed by atoms with van der Waals surface area (Å²) in [5.41, 5.74) is 0.259. The van der Waals surface area contributed by atoms with Crippen molar-refractivity contribution >= 4 is 46.5 Å². The van der Waals surface area contributed by atoms with E-state index in [0.717, 1.165) is 0 Å². The highest BCUT2D eigenvalue weighted by molar-refractivity contribution is 6.40. The second-order valence-corrected chi connectivity index (χ2v) is 4.30. The van der Waals surface area contributed by atoms with Gasteiger partial charge in [-0.2, -0.15) is 0 Å². The Morgan fingerprint density at radius 3 is 2.16 bits per heavy atom. The molecule has 19 heavy (non-hydrogen) atoms. The summed E-state index contributed by atoms with van der Waals surface area (Å²) in [5, 5.41) is 0.738. The largest absolute Gasteiger partial charge is 0.469 e. The standard InChI is InChI=1S/C12H11Cl2NO4/c1-18-11(16)6-10(12(17)19-2)15-9-4-7(13)3-8(14)5-9/h3-5H,6H2,1-2H3. The summed E-state index contributed by atoms with van der Waals surface area (Å²) >= 11 is 11.6. The molecule has 0 aliphatic rings. The van der Waals surface area contributed by atoms with Gasteiger partial charge in [0.1, 0.15) is 5.71 Å². The molecule has 1 rings (SSSR count). The topological polar surface area (TPSA) is 65.0 Å². The minimum absolute atomic E-state index is 0.0901. The molecular formula is C12H11Cl2NO4. The van der Waals surface area contributed by atoms with E-state index in [1.807, 2.05) is 0 Å². The molecule has 0 atom stereocenters. The molecule has 0 spiro atoms. The Morgan fingerprint density at radius 2 is 1.68 bits per heavy atom. The van der Waals surface area contributed by atoms with E-state index in [1.165, 1.54) is 32.4 Å². The van der Waals surface area contributed by atoms with Crippen molar-refractivity contribution in [2.75, 3.05) is 14.2 Å². The summed E-state index contributed by atoms with van der Waals surface area (Å²) in [6, 6.07) is 4.54. The van der Waals surface area contributed by atoms with Crippen LogP contribution >= 0.6 is 23.2 Å². The molecule has 7 heteroatoms. The molecular weight excluding hydrogens is 293 g/mol. The number of methoxy groups -OCH3 is 2. The summed E-state index contributed by atoms with van der Waals surface area (Å²) in [4.78, 5) is 26.7. The summed E-state index contributed by atoms with van der Waals surface area (Å²) < 4.78 is 9.03. The van der Waals surface area contributed by atoms with Crippen LogP contribution in [-0.2, 0) is 19.1 Å². The van der Waals surface area contributed by atoms with E-state index in [4.69, 9.17) is 23.2 Å². The zero-order valence-electron chi connectivity index (χ0n) is 10.3. The molecule has 1 aromatic carbocycles. The Labute approximate surface area is 120 Å². The van der Waals surface area contributed by atoms with Crippen LogP contribution in [0.2, 0.25) is 10.0 Å². The van der Waals surface area contributed by atoms with Gasteiger partial charge in [-0.1, -0.05) is 23.2 Å². The van der Waals surface area contributed by atoms with Crippen LogP contribution < -0.4 is 0 Å². The smallest absolute Gasteiger partial charge is 0.353 e. The maximum absolute atomic E-state index is 11.5. The SMILES string of the molecule is COC(=O)CC(=Nc1cc(Cl)cc(Cl)c1)C(=O)OC. The van der Waals surface area contributed by atoms with E-state index in [2.05, 4.69) is 14.5 Å². The highest BCUT2D eigenvalue weighted by atomic mass is 35.5. The van der Waals surface area contributed by atoms with Crippen molar-refractivity contribution in [3.05, 3.63) is 28.2 Å². The highest BCUT2D eigenvalue weighted by Gasteiger charge is 2.17. The maximum atomic E-state index is 11.5. The van der Waals surface area contributed by atoms with Crippen molar-refractivity contribution in [3.63, 3.8) is 0 Å². The Balaban J connectivity index is 3.11. The molecule has 0 radical (unpaired) electrons. The minimum Gasteiger partial charge on any atom is -0.469 e. The van der Waals surface area contributed by atoms with Gasteiger partial charge in [-0.15, -0.1) is 0 Å². The molecule has 0 saturated heterocycles. The third-order valence-corrected chi connectivity index (χ3v) is 2.51. The monoisotopic (exact) mass is 303 g/mol. The number of carbonyl (C=O) groups excluding carboxylic acids is 2. The molecule has 0 saturated carbocycles. The number of nitrogens with zero attached hydrogens (tertiary/aromatic N) is 1. The number of hydrogen-bond acceptors (Lipinski definition) is 5. The summed E-state index contributed by atoms with van der Waals surface area (Å²) in [5.74, 6) is -1.32. The zero-order chi connectivity index (χ0) is 14.4. The van der Waals surface area contributed by atoms with Crippen LogP contribution in [0.1, 0.15) is 6.42 Å². The number of hydrogen-bond donors (Lipinski definition) is 0. The first kappa shape index (κ1) is 15.5. The van der Waals surface area contributed by atoms with Crippen LogP contribution in [0, 0.1) is 0 Å². The molecule has 0 aliphatic carbocycles. The second kappa shape index (κ2) is 7.11. The summed E-state index contributed by atoms with van der Waals surface area (Å²) in [6.07, 6.45) is -0.298. The number of carbonyl (C=O) groups is 2. The number of benzene rings is 1. The molecule has 0 aromatic heterocycles. The normalized spacial score (nSPS) is 11.1. The Morgan fingerprint density at radius 1 is 1.11 bits per heavy atom. The fraction of sp³-hybridized carbons (Fsp3) is 0.250. The first-order chi connectivity index (χ1) is 8.96. The van der Waals surface area contributed by atoms with Crippen molar-refractivity contribution in [2.24, 2.45) is 4.99 Å². The van der Waals surface area contributed by atoms with Crippen LogP contribution in [-0.4, -0.2) is 31.9 Å². The van der Waals surface area contributed by atoms with Gasteiger partial charge >= 0.3 is 11.9 Å². The van der Waals surface area contributed by atoms with Crippen LogP contribution in [0.15, 0.2) is 23.2 Å². The Hall–Kier alpha value is -1.59. The third-order valence-electron chi connectivity index (χ3n) is 2.07. The second-order valence-electron chi connectivity index (χ2n) is 3.43. The number of rotatable bonds is 4. The molecule has 0 unspecified atom stereocenters. The van der Waals surface area contributed by atoms with Gasteiger partial charge < -0.3 is 9.47 Å². The van der Waals surface area contributed by atoms with E-state index in [-0.39, 0.29) is 12.1 Å². The Kier molecular flexibility index (Phi) is 5.79. The van der Waals surface area contributed by atoms with E-state index < -0.39 is 11.9 Å². The van der Waals surface area contributed by atoms with Gasteiger partial charge in [-0.25, -0.2) is 9.79 Å². The van der Waals surface area contributed by atoms with Crippen LogP contribution in [0.4, 0.5) is 5.69 Å². The lowest BCUT2D eigenvalue weighted by atomic mass is 10.2. The summed E-state index contributed by atoms with van der Waals surface area (Å²) in [6.45, 7) is 0. The van der Waals surface area contributed by atoms with Crippen molar-refractivity contribution in [2.45, 2.75) is 6.42 Å². The van der Waals surface area contributed by atoms with E-state index in [1.54, 1.807) is 0 Å². The van der Waals surface area contributed by atoms with Crippen molar-refractivity contribution in [1.29, 1.82) is 0 Å². The lowest BCUT2D eigenvalue weighted by molar-refractivity contribution is -0.140. The quantitative estimate of drug-likeness (QED) is 0.634. The number of esters is 2. The van der Waals surface area contributed by atoms with Crippen molar-refractivity contribution < 1.29 is 19.1 Å². The molecule has 1 aromatic rings. The van der Waals surface area contributed by atoms with Gasteiger partial charge in [0.05, 0.1) is 26.3 Å². The van der Waals surface area contributed by atoms with Gasteiger partial charge in [0.25, 0.3) is 0 Å². The molecule has 5 nitrogen and oxygen atoms in total. The van der Waals surface area contributed by atoms with Crippen LogP contribution in [0.5, 0.6) is 0 Å². The van der Waals surface area contributed by atoms with Gasteiger partial charge in [0, 0.05) is 10.0 Å². The van der Waals surface area contributed by atoms with Gasteiger partial charge in [-0.3, -0.25) is 4.79 Å². The molecule has 0 N–H and O–H groups in total. The van der Waals surface area contributed by atoms with Gasteiger partial charge in [-0.05, 0) is 18.2 Å². The number of halogens is 2. The van der Waals surface area contributed by atoms with Gasteiger partial charge in [0.2, 0.25) is 0 Å². The van der Waals surface area contributed by atoms with Crippen molar-refractivity contribution in [3.8, 4) is 0 Å². The molecule has 102 valence electrons. The predicted octanol–water partition coefficient (Wildman–Crippen LogP) is 2.80.